The Morgan fingerprint density at radius 1 is 1.15 bits per heavy atom. The molecule has 8 nitrogen and oxygen atoms in total. The molecule has 3 amide bonds. The number of imide groups is 1. The van der Waals surface area contributed by atoms with E-state index in [2.05, 4.69) is 10.6 Å². The highest BCUT2D eigenvalue weighted by molar-refractivity contribution is 7.89. The third-order valence-corrected chi connectivity index (χ3v) is 7.20. The summed E-state index contributed by atoms with van der Waals surface area (Å²) >= 11 is 6.03. The quantitative estimate of drug-likeness (QED) is 0.749. The van der Waals surface area contributed by atoms with Crippen molar-refractivity contribution < 1.29 is 18.0 Å². The van der Waals surface area contributed by atoms with Gasteiger partial charge in [0.25, 0.3) is 0 Å². The van der Waals surface area contributed by atoms with Crippen LogP contribution in [0.1, 0.15) is 19.8 Å². The van der Waals surface area contributed by atoms with Crippen molar-refractivity contribution in [3.8, 4) is 0 Å². The molecule has 2 aliphatic rings. The van der Waals surface area contributed by atoms with Gasteiger partial charge >= 0.3 is 6.03 Å². The van der Waals surface area contributed by atoms with E-state index < -0.39 is 28.0 Å². The Kier molecular flexibility index (Phi) is 6.05. The van der Waals surface area contributed by atoms with Crippen molar-refractivity contribution in [2.24, 2.45) is 0 Å². The number of benzene rings is 1. The molecular formula is C17H23ClN4O4S. The van der Waals surface area contributed by atoms with Crippen LogP contribution in [0, 0.1) is 0 Å². The molecule has 0 spiro atoms. The van der Waals surface area contributed by atoms with Crippen molar-refractivity contribution in [1.29, 1.82) is 0 Å². The van der Waals surface area contributed by atoms with E-state index in [9.17, 15) is 18.0 Å². The van der Waals surface area contributed by atoms with E-state index in [1.165, 1.54) is 10.4 Å². The molecule has 1 unspecified atom stereocenters. The summed E-state index contributed by atoms with van der Waals surface area (Å²) in [5.41, 5.74) is 0. The number of carbonyl (C=O) groups excluding carboxylic acids is 2. The van der Waals surface area contributed by atoms with Crippen molar-refractivity contribution >= 4 is 33.6 Å². The van der Waals surface area contributed by atoms with Crippen LogP contribution in [0.3, 0.4) is 0 Å². The van der Waals surface area contributed by atoms with Gasteiger partial charge in [0.05, 0.1) is 11.1 Å². The molecule has 1 aromatic rings. The average Bonchev–Trinajstić information content (AvgIpc) is 3.45. The SMILES string of the molecule is CC(C(=O)NC(=O)NC1CC1)N1CCN(S(=O)(=O)c2ccccc2Cl)CC1. The molecule has 0 bridgehead atoms. The number of rotatable bonds is 5. The zero-order valence-corrected chi connectivity index (χ0v) is 16.6. The first-order chi connectivity index (χ1) is 12.8. The summed E-state index contributed by atoms with van der Waals surface area (Å²) in [5.74, 6) is -0.393. The summed E-state index contributed by atoms with van der Waals surface area (Å²) < 4.78 is 26.9. The fourth-order valence-electron chi connectivity index (χ4n) is 2.96. The molecular weight excluding hydrogens is 392 g/mol. The molecule has 27 heavy (non-hydrogen) atoms. The number of nitrogens with one attached hydrogen (secondary N) is 2. The van der Waals surface area contributed by atoms with Crippen molar-refractivity contribution in [2.75, 3.05) is 26.2 Å². The summed E-state index contributed by atoms with van der Waals surface area (Å²) in [6.45, 7) is 2.99. The number of urea groups is 1. The standard InChI is InChI=1S/C17H23ClN4O4S/c1-12(16(23)20-17(24)19-13-6-7-13)21-8-10-22(11-9-21)27(25,26)15-5-3-2-4-14(15)18/h2-5,12-13H,6-11H2,1H3,(H2,19,20,23,24). The first-order valence-corrected chi connectivity index (χ1v) is 10.7. The van der Waals surface area contributed by atoms with E-state index in [4.69, 9.17) is 11.6 Å². The maximum Gasteiger partial charge on any atom is 0.321 e. The van der Waals surface area contributed by atoms with Crippen LogP contribution in [0.25, 0.3) is 0 Å². The summed E-state index contributed by atoms with van der Waals surface area (Å²) in [6.07, 6.45) is 1.89. The Labute approximate surface area is 163 Å². The van der Waals surface area contributed by atoms with Crippen LogP contribution >= 0.6 is 11.6 Å². The normalized spacial score (nSPS) is 20.1. The Morgan fingerprint density at radius 3 is 2.37 bits per heavy atom. The van der Waals surface area contributed by atoms with Crippen LogP contribution < -0.4 is 10.6 Å². The zero-order chi connectivity index (χ0) is 19.6. The van der Waals surface area contributed by atoms with Crippen LogP contribution in [0.2, 0.25) is 5.02 Å². The first-order valence-electron chi connectivity index (χ1n) is 8.89. The third-order valence-electron chi connectivity index (χ3n) is 4.80. The second kappa shape index (κ2) is 8.14. The average molecular weight is 415 g/mol. The Morgan fingerprint density at radius 2 is 1.78 bits per heavy atom. The van der Waals surface area contributed by atoms with Crippen molar-refractivity contribution in [3.63, 3.8) is 0 Å². The smallest absolute Gasteiger partial charge is 0.321 e. The lowest BCUT2D eigenvalue weighted by atomic mass is 10.2. The molecule has 1 atom stereocenters. The molecule has 1 saturated carbocycles. The Hall–Kier alpha value is -1.68. The molecule has 2 fully saturated rings. The van der Waals surface area contributed by atoms with Gasteiger partial charge in [0.1, 0.15) is 4.90 Å². The minimum atomic E-state index is -3.68. The number of sulfonamides is 1. The van der Waals surface area contributed by atoms with Gasteiger partial charge in [-0.2, -0.15) is 4.31 Å². The van der Waals surface area contributed by atoms with E-state index in [1.807, 2.05) is 4.90 Å². The van der Waals surface area contributed by atoms with E-state index in [1.54, 1.807) is 25.1 Å². The second-order valence-electron chi connectivity index (χ2n) is 6.78. The van der Waals surface area contributed by atoms with Crippen molar-refractivity contribution in [2.45, 2.75) is 36.7 Å². The monoisotopic (exact) mass is 414 g/mol. The molecule has 3 rings (SSSR count). The second-order valence-corrected chi connectivity index (χ2v) is 9.10. The third kappa shape index (κ3) is 4.78. The van der Waals surface area contributed by atoms with Crippen molar-refractivity contribution in [3.05, 3.63) is 29.3 Å². The largest absolute Gasteiger partial charge is 0.335 e. The first kappa shape index (κ1) is 20.1. The maximum absolute atomic E-state index is 12.8. The molecule has 0 aromatic heterocycles. The van der Waals surface area contributed by atoms with Crippen LogP contribution in [0.5, 0.6) is 0 Å². The van der Waals surface area contributed by atoms with E-state index >= 15 is 0 Å². The lowest BCUT2D eigenvalue weighted by molar-refractivity contribution is -0.125. The molecule has 0 radical (unpaired) electrons. The molecule has 1 aromatic carbocycles. The van der Waals surface area contributed by atoms with Gasteiger partial charge in [-0.3, -0.25) is 15.0 Å². The molecule has 10 heteroatoms. The summed E-state index contributed by atoms with van der Waals surface area (Å²) in [4.78, 5) is 25.9. The van der Waals surface area contributed by atoms with Gasteiger partial charge in [-0.1, -0.05) is 23.7 Å². The van der Waals surface area contributed by atoms with Gasteiger partial charge in [0.15, 0.2) is 0 Å². The Bertz CT molecular complexity index is 820. The van der Waals surface area contributed by atoms with Crippen molar-refractivity contribution in [1.82, 2.24) is 19.8 Å². The molecule has 1 saturated heterocycles. The number of carbonyl (C=O) groups is 2. The highest BCUT2D eigenvalue weighted by Gasteiger charge is 2.33. The van der Waals surface area contributed by atoms with Gasteiger partial charge in [0, 0.05) is 32.2 Å². The number of hydrogen-bond acceptors (Lipinski definition) is 5. The van der Waals surface area contributed by atoms with E-state index in [0.29, 0.717) is 13.1 Å². The lowest BCUT2D eigenvalue weighted by Gasteiger charge is -2.36. The number of amides is 3. The zero-order valence-electron chi connectivity index (χ0n) is 15.0. The highest BCUT2D eigenvalue weighted by atomic mass is 35.5. The molecule has 148 valence electrons. The summed E-state index contributed by atoms with van der Waals surface area (Å²) in [7, 11) is -3.68. The summed E-state index contributed by atoms with van der Waals surface area (Å²) in [5, 5.41) is 5.24. The maximum atomic E-state index is 12.8. The van der Waals surface area contributed by atoms with Gasteiger partial charge < -0.3 is 5.32 Å². The Balaban J connectivity index is 1.55. The van der Waals surface area contributed by atoms with Gasteiger partial charge in [-0.05, 0) is 31.9 Å². The fraction of sp³-hybridized carbons (Fsp3) is 0.529. The molecule has 1 heterocycles. The van der Waals surface area contributed by atoms with E-state index in [-0.39, 0.29) is 29.0 Å². The highest BCUT2D eigenvalue weighted by Crippen LogP contribution is 2.25. The predicted molar refractivity (Wildman–Crippen MR) is 101 cm³/mol. The van der Waals surface area contributed by atoms with Gasteiger partial charge in [-0.15, -0.1) is 0 Å². The molecule has 1 aliphatic heterocycles. The van der Waals surface area contributed by atoms with Gasteiger partial charge in [-0.25, -0.2) is 13.2 Å². The molecule has 1 aliphatic carbocycles. The van der Waals surface area contributed by atoms with Gasteiger partial charge in [0.2, 0.25) is 15.9 Å². The van der Waals surface area contributed by atoms with Crippen LogP contribution in [-0.2, 0) is 14.8 Å². The van der Waals surface area contributed by atoms with Crippen LogP contribution in [-0.4, -0.2) is 67.8 Å². The minimum absolute atomic E-state index is 0.0858. The number of halogens is 1. The fourth-order valence-corrected chi connectivity index (χ4v) is 4.87. The molecule has 2 N–H and O–H groups in total. The predicted octanol–water partition coefficient (Wildman–Crippen LogP) is 1.02. The summed E-state index contributed by atoms with van der Waals surface area (Å²) in [6, 6.07) is 5.51. The topological polar surface area (TPSA) is 98.8 Å². The van der Waals surface area contributed by atoms with Crippen LogP contribution in [0.4, 0.5) is 4.79 Å². The minimum Gasteiger partial charge on any atom is -0.335 e. The number of nitrogens with zero attached hydrogens (tertiary/aromatic N) is 2. The lowest BCUT2D eigenvalue weighted by Crippen LogP contribution is -2.56. The van der Waals surface area contributed by atoms with Crippen LogP contribution in [0.15, 0.2) is 29.2 Å². The number of hydrogen-bond donors (Lipinski definition) is 2. The number of piperazine rings is 1. The van der Waals surface area contributed by atoms with E-state index in [0.717, 1.165) is 12.8 Å².